The first kappa shape index (κ1) is 22.9. The van der Waals surface area contributed by atoms with Crippen molar-refractivity contribution < 1.29 is 22.7 Å². The van der Waals surface area contributed by atoms with Crippen LogP contribution in [-0.2, 0) is 15.7 Å². The second kappa shape index (κ2) is 9.03. The van der Waals surface area contributed by atoms with Crippen LogP contribution in [0.2, 0.25) is 5.02 Å². The summed E-state index contributed by atoms with van der Waals surface area (Å²) in [5, 5.41) is 11.5. The number of hydrogen-bond donors (Lipinski definition) is 0. The molecule has 2 aliphatic heterocycles. The van der Waals surface area contributed by atoms with Crippen molar-refractivity contribution in [1.82, 2.24) is 24.7 Å². The molecule has 2 aromatic heterocycles. The minimum absolute atomic E-state index is 0.0312. The normalized spacial score (nSPS) is 20.2. The number of alkyl halides is 3. The van der Waals surface area contributed by atoms with Crippen molar-refractivity contribution in [2.75, 3.05) is 37.7 Å². The average Bonchev–Trinajstić information content (AvgIpc) is 3.28. The van der Waals surface area contributed by atoms with Gasteiger partial charge in [-0.25, -0.2) is 0 Å². The molecule has 1 aromatic carbocycles. The molecule has 1 amide bonds. The number of fused-ring (bicyclic) bond motifs is 1. The van der Waals surface area contributed by atoms with Crippen molar-refractivity contribution in [2.24, 2.45) is 5.92 Å². The maximum atomic E-state index is 13.2. The maximum absolute atomic E-state index is 13.2. The van der Waals surface area contributed by atoms with Crippen molar-refractivity contribution >= 4 is 29.0 Å². The highest BCUT2D eigenvalue weighted by atomic mass is 35.5. The molecule has 34 heavy (non-hydrogen) atoms. The highest BCUT2D eigenvalue weighted by Crippen LogP contribution is 2.30. The van der Waals surface area contributed by atoms with Gasteiger partial charge in [-0.15, -0.1) is 15.3 Å². The van der Waals surface area contributed by atoms with E-state index in [2.05, 4.69) is 15.3 Å². The largest absolute Gasteiger partial charge is 0.453 e. The molecule has 8 nitrogen and oxygen atoms in total. The Kier molecular flexibility index (Phi) is 6.07. The van der Waals surface area contributed by atoms with E-state index in [1.165, 1.54) is 6.07 Å². The van der Waals surface area contributed by atoms with Gasteiger partial charge in [0.25, 0.3) is 5.82 Å². The van der Waals surface area contributed by atoms with Crippen LogP contribution in [-0.4, -0.2) is 63.4 Å². The lowest BCUT2D eigenvalue weighted by atomic mass is 9.94. The molecule has 0 spiro atoms. The minimum atomic E-state index is -4.65. The number of benzene rings is 1. The van der Waals surface area contributed by atoms with Gasteiger partial charge in [-0.1, -0.05) is 23.7 Å². The zero-order chi connectivity index (χ0) is 23.9. The molecule has 180 valence electrons. The standard InChI is InChI=1S/C22H22ClF3N6O2/c23-16-3-1-14(2-4-16)17-13-31(11-12-34-17)20(33)15-7-9-30(10-8-15)19-6-5-18-27-28-21(22(24,25)26)32(18)29-19/h1-6,15,17H,7-13H2. The third-order valence-electron chi connectivity index (χ3n) is 6.29. The van der Waals surface area contributed by atoms with Crippen LogP contribution in [0, 0.1) is 5.92 Å². The number of halogens is 4. The van der Waals surface area contributed by atoms with E-state index in [4.69, 9.17) is 16.3 Å². The van der Waals surface area contributed by atoms with E-state index in [0.29, 0.717) is 56.5 Å². The molecule has 0 N–H and O–H groups in total. The Morgan fingerprint density at radius 1 is 1.03 bits per heavy atom. The lowest BCUT2D eigenvalue weighted by Crippen LogP contribution is -2.47. The molecular formula is C22H22ClF3N6O2. The van der Waals surface area contributed by atoms with Crippen LogP contribution >= 0.6 is 11.6 Å². The summed E-state index contributed by atoms with van der Waals surface area (Å²) in [6.07, 6.45) is -3.66. The van der Waals surface area contributed by atoms with Gasteiger partial charge in [0.1, 0.15) is 11.9 Å². The Morgan fingerprint density at radius 3 is 2.47 bits per heavy atom. The second-order valence-corrected chi connectivity index (χ2v) is 8.88. The second-order valence-electron chi connectivity index (χ2n) is 8.44. The summed E-state index contributed by atoms with van der Waals surface area (Å²) in [5.74, 6) is -0.817. The highest BCUT2D eigenvalue weighted by molar-refractivity contribution is 6.30. The Labute approximate surface area is 198 Å². The minimum Gasteiger partial charge on any atom is -0.370 e. The number of morpholine rings is 1. The molecule has 1 atom stereocenters. The number of ether oxygens (including phenoxy) is 1. The first-order valence-corrected chi connectivity index (χ1v) is 11.4. The molecule has 1 unspecified atom stereocenters. The average molecular weight is 495 g/mol. The summed E-state index contributed by atoms with van der Waals surface area (Å²) in [6.45, 7) is 2.51. The molecule has 5 rings (SSSR count). The summed E-state index contributed by atoms with van der Waals surface area (Å²) >= 11 is 5.97. The van der Waals surface area contributed by atoms with Gasteiger partial charge < -0.3 is 14.5 Å². The molecule has 0 saturated carbocycles. The fraction of sp³-hybridized carbons (Fsp3) is 0.455. The van der Waals surface area contributed by atoms with Gasteiger partial charge in [0.05, 0.1) is 13.2 Å². The van der Waals surface area contributed by atoms with Crippen LogP contribution in [0.4, 0.5) is 19.0 Å². The van der Waals surface area contributed by atoms with Gasteiger partial charge >= 0.3 is 6.18 Å². The summed E-state index contributed by atoms with van der Waals surface area (Å²) in [6, 6.07) is 10.5. The van der Waals surface area contributed by atoms with Gasteiger partial charge in [-0.3, -0.25) is 4.79 Å². The number of nitrogens with zero attached hydrogens (tertiary/aromatic N) is 6. The third-order valence-corrected chi connectivity index (χ3v) is 6.54. The van der Waals surface area contributed by atoms with E-state index >= 15 is 0 Å². The smallest absolute Gasteiger partial charge is 0.370 e. The Bertz CT molecular complexity index is 1180. The summed E-state index contributed by atoms with van der Waals surface area (Å²) in [4.78, 5) is 16.9. The number of hydrogen-bond acceptors (Lipinski definition) is 6. The summed E-state index contributed by atoms with van der Waals surface area (Å²) < 4.78 is 46.1. The van der Waals surface area contributed by atoms with Crippen LogP contribution in [0.3, 0.4) is 0 Å². The van der Waals surface area contributed by atoms with Gasteiger partial charge in [-0.05, 0) is 42.7 Å². The van der Waals surface area contributed by atoms with Crippen molar-refractivity contribution in [3.8, 4) is 0 Å². The lowest BCUT2D eigenvalue weighted by molar-refractivity contribution is -0.146. The topological polar surface area (TPSA) is 75.9 Å². The van der Waals surface area contributed by atoms with E-state index in [1.807, 2.05) is 21.9 Å². The van der Waals surface area contributed by atoms with Gasteiger partial charge in [0, 0.05) is 30.6 Å². The number of carbonyl (C=O) groups excluding carboxylic acids is 1. The molecular weight excluding hydrogens is 473 g/mol. The molecule has 12 heteroatoms. The number of amides is 1. The predicted molar refractivity (Wildman–Crippen MR) is 117 cm³/mol. The Balaban J connectivity index is 1.23. The SMILES string of the molecule is O=C(C1CCN(c2ccc3nnc(C(F)(F)F)n3n2)CC1)N1CCOC(c2ccc(Cl)cc2)C1. The van der Waals surface area contributed by atoms with E-state index in [9.17, 15) is 18.0 Å². The van der Waals surface area contributed by atoms with Gasteiger partial charge in [0.2, 0.25) is 5.91 Å². The molecule has 0 aliphatic carbocycles. The van der Waals surface area contributed by atoms with E-state index in [0.717, 1.165) is 10.1 Å². The van der Waals surface area contributed by atoms with Crippen molar-refractivity contribution in [2.45, 2.75) is 25.1 Å². The van der Waals surface area contributed by atoms with Crippen LogP contribution in [0.25, 0.3) is 5.65 Å². The highest BCUT2D eigenvalue weighted by Gasteiger charge is 2.38. The van der Waals surface area contributed by atoms with Crippen molar-refractivity contribution in [1.29, 1.82) is 0 Å². The van der Waals surface area contributed by atoms with Crippen LogP contribution in [0.15, 0.2) is 36.4 Å². The number of piperidine rings is 1. The van der Waals surface area contributed by atoms with Crippen LogP contribution in [0.5, 0.6) is 0 Å². The fourth-order valence-corrected chi connectivity index (χ4v) is 4.59. The number of rotatable bonds is 3. The summed E-state index contributed by atoms with van der Waals surface area (Å²) in [5.41, 5.74) is 1.01. The quantitative estimate of drug-likeness (QED) is 0.553. The van der Waals surface area contributed by atoms with Gasteiger partial charge in [-0.2, -0.15) is 17.7 Å². The zero-order valence-electron chi connectivity index (χ0n) is 18.1. The monoisotopic (exact) mass is 494 g/mol. The van der Waals surface area contributed by atoms with Crippen LogP contribution in [0.1, 0.15) is 30.3 Å². The lowest BCUT2D eigenvalue weighted by Gasteiger charge is -2.38. The zero-order valence-corrected chi connectivity index (χ0v) is 18.8. The maximum Gasteiger partial charge on any atom is 0.453 e. The van der Waals surface area contributed by atoms with Crippen LogP contribution < -0.4 is 4.90 Å². The molecule has 0 bridgehead atoms. The Hall–Kier alpha value is -2.92. The van der Waals surface area contributed by atoms with Crippen molar-refractivity contribution in [3.05, 3.63) is 52.8 Å². The van der Waals surface area contributed by atoms with E-state index in [1.54, 1.807) is 18.2 Å². The molecule has 0 radical (unpaired) electrons. The number of anilines is 1. The van der Waals surface area contributed by atoms with E-state index < -0.39 is 12.0 Å². The van der Waals surface area contributed by atoms with Crippen molar-refractivity contribution in [3.63, 3.8) is 0 Å². The predicted octanol–water partition coefficient (Wildman–Crippen LogP) is 3.61. The molecule has 2 fully saturated rings. The van der Waals surface area contributed by atoms with E-state index in [-0.39, 0.29) is 23.6 Å². The molecule has 2 saturated heterocycles. The fourth-order valence-electron chi connectivity index (χ4n) is 4.47. The summed E-state index contributed by atoms with van der Waals surface area (Å²) in [7, 11) is 0. The molecule has 4 heterocycles. The van der Waals surface area contributed by atoms with Gasteiger partial charge in [0.15, 0.2) is 5.65 Å². The first-order valence-electron chi connectivity index (χ1n) is 11.0. The number of aromatic nitrogens is 4. The first-order chi connectivity index (χ1) is 16.3. The molecule has 2 aliphatic rings. The molecule has 3 aromatic rings. The number of carbonyl (C=O) groups is 1. The third kappa shape index (κ3) is 4.54. The Morgan fingerprint density at radius 2 is 1.76 bits per heavy atom.